The third-order valence-electron chi connectivity index (χ3n) is 3.32. The first-order valence-electron chi connectivity index (χ1n) is 7.32. The number of rotatable bonds is 3. The molecule has 7 heteroatoms. The molecule has 1 aliphatic heterocycles. The molecule has 0 unspecified atom stereocenters. The van der Waals surface area contributed by atoms with Crippen molar-refractivity contribution in [3.8, 4) is 11.5 Å². The van der Waals surface area contributed by atoms with Gasteiger partial charge in [-0.05, 0) is 45.8 Å². The molecule has 0 aromatic heterocycles. The summed E-state index contributed by atoms with van der Waals surface area (Å²) in [6, 6.07) is 10.6. The number of ether oxygens (including phenoxy) is 2. The molecule has 2 aromatic carbocycles. The molecule has 0 saturated carbocycles. The van der Waals surface area contributed by atoms with E-state index in [1.807, 2.05) is 6.07 Å². The first-order valence-corrected chi connectivity index (χ1v) is 8.49. The molecule has 0 fully saturated rings. The highest BCUT2D eigenvalue weighted by atomic mass is 79.9. The van der Waals surface area contributed by atoms with E-state index in [4.69, 9.17) is 21.1 Å². The molecule has 0 saturated heterocycles. The molecule has 1 heterocycles. The Balaban J connectivity index is 1.73. The van der Waals surface area contributed by atoms with Gasteiger partial charge >= 0.3 is 0 Å². The van der Waals surface area contributed by atoms with Gasteiger partial charge in [-0.3, -0.25) is 4.79 Å². The first kappa shape index (κ1) is 16.8. The molecule has 3 rings (SSSR count). The summed E-state index contributed by atoms with van der Waals surface area (Å²) in [5, 5.41) is 4.42. The van der Waals surface area contributed by atoms with Gasteiger partial charge in [0.2, 0.25) is 0 Å². The predicted octanol–water partition coefficient (Wildman–Crippen LogP) is 4.03. The van der Waals surface area contributed by atoms with Crippen LogP contribution in [0, 0.1) is 0 Å². The number of carbonyl (C=O) groups excluding carboxylic acids is 1. The standard InChI is InChI=1S/C17H14BrClN2O3/c18-13-5-2-1-4-12(13)17(22)21-20-10-11-8-14(19)16-15(9-11)23-6-3-7-24-16/h1-2,4-5,8-10H,3,6-7H2,(H,21,22)/b20-10-. The number of hydrogen-bond acceptors (Lipinski definition) is 4. The van der Waals surface area contributed by atoms with Crippen LogP contribution in [-0.4, -0.2) is 25.3 Å². The lowest BCUT2D eigenvalue weighted by Crippen LogP contribution is -2.18. The Morgan fingerprint density at radius 2 is 2.04 bits per heavy atom. The fraction of sp³-hybridized carbons (Fsp3) is 0.176. The van der Waals surface area contributed by atoms with Gasteiger partial charge in [0, 0.05) is 10.9 Å². The highest BCUT2D eigenvalue weighted by molar-refractivity contribution is 9.10. The second-order valence-electron chi connectivity index (χ2n) is 5.06. The zero-order valence-corrected chi connectivity index (χ0v) is 14.9. The Bertz CT molecular complexity index is 795. The van der Waals surface area contributed by atoms with Crippen LogP contribution in [0.3, 0.4) is 0 Å². The molecule has 1 N–H and O–H groups in total. The lowest BCUT2D eigenvalue weighted by Gasteiger charge is -2.09. The summed E-state index contributed by atoms with van der Waals surface area (Å²) in [6.45, 7) is 1.14. The summed E-state index contributed by atoms with van der Waals surface area (Å²) in [6.07, 6.45) is 2.31. The highest BCUT2D eigenvalue weighted by Gasteiger charge is 2.15. The molecule has 0 bridgehead atoms. The number of fused-ring (bicyclic) bond motifs is 1. The monoisotopic (exact) mass is 408 g/mol. The molecule has 0 atom stereocenters. The summed E-state index contributed by atoms with van der Waals surface area (Å²) in [5.74, 6) is 0.821. The van der Waals surface area contributed by atoms with Crippen LogP contribution < -0.4 is 14.9 Å². The quantitative estimate of drug-likeness (QED) is 0.615. The second-order valence-corrected chi connectivity index (χ2v) is 6.32. The lowest BCUT2D eigenvalue weighted by atomic mass is 10.2. The Labute approximate surface area is 152 Å². The molecule has 0 radical (unpaired) electrons. The number of benzene rings is 2. The SMILES string of the molecule is O=C(N/N=C\c1cc(Cl)c2c(c1)OCCCO2)c1ccccc1Br. The summed E-state index contributed by atoms with van der Waals surface area (Å²) in [7, 11) is 0. The Morgan fingerprint density at radius 3 is 2.88 bits per heavy atom. The minimum absolute atomic E-state index is 0.306. The molecule has 24 heavy (non-hydrogen) atoms. The summed E-state index contributed by atoms with van der Waals surface area (Å²) in [5.41, 5.74) is 3.70. The topological polar surface area (TPSA) is 59.9 Å². The Hall–Kier alpha value is -2.05. The van der Waals surface area contributed by atoms with Gasteiger partial charge in [-0.25, -0.2) is 5.43 Å². The molecule has 0 aliphatic carbocycles. The van der Waals surface area contributed by atoms with Crippen LogP contribution in [0.4, 0.5) is 0 Å². The average Bonchev–Trinajstić information content (AvgIpc) is 2.81. The van der Waals surface area contributed by atoms with Crippen LogP contribution in [-0.2, 0) is 0 Å². The Morgan fingerprint density at radius 1 is 1.25 bits per heavy atom. The minimum atomic E-state index is -0.306. The largest absolute Gasteiger partial charge is 0.489 e. The van der Waals surface area contributed by atoms with E-state index in [0.29, 0.717) is 45.3 Å². The van der Waals surface area contributed by atoms with Gasteiger partial charge in [0.25, 0.3) is 5.91 Å². The summed E-state index contributed by atoms with van der Waals surface area (Å²) in [4.78, 5) is 12.1. The van der Waals surface area contributed by atoms with E-state index >= 15 is 0 Å². The molecular formula is C17H14BrClN2O3. The van der Waals surface area contributed by atoms with Crippen LogP contribution >= 0.6 is 27.5 Å². The van der Waals surface area contributed by atoms with E-state index in [9.17, 15) is 4.79 Å². The zero-order chi connectivity index (χ0) is 16.9. The van der Waals surface area contributed by atoms with Gasteiger partial charge in [0.1, 0.15) is 0 Å². The van der Waals surface area contributed by atoms with Gasteiger partial charge in [-0.2, -0.15) is 5.10 Å². The van der Waals surface area contributed by atoms with Crippen molar-refractivity contribution in [1.82, 2.24) is 5.43 Å². The fourth-order valence-corrected chi connectivity index (χ4v) is 2.93. The van der Waals surface area contributed by atoms with Gasteiger partial charge in [-0.15, -0.1) is 0 Å². The van der Waals surface area contributed by atoms with E-state index in [1.54, 1.807) is 30.3 Å². The molecule has 2 aromatic rings. The van der Waals surface area contributed by atoms with Crippen molar-refractivity contribution in [1.29, 1.82) is 0 Å². The zero-order valence-electron chi connectivity index (χ0n) is 12.6. The van der Waals surface area contributed by atoms with Crippen molar-refractivity contribution < 1.29 is 14.3 Å². The second kappa shape index (κ2) is 7.68. The number of hydrogen-bond donors (Lipinski definition) is 1. The summed E-state index contributed by atoms with van der Waals surface area (Å²) < 4.78 is 11.9. The van der Waals surface area contributed by atoms with Crippen molar-refractivity contribution in [2.45, 2.75) is 6.42 Å². The third kappa shape index (κ3) is 3.88. The Kier molecular flexibility index (Phi) is 5.37. The molecule has 1 amide bonds. The minimum Gasteiger partial charge on any atom is -0.489 e. The van der Waals surface area contributed by atoms with Crippen LogP contribution in [0.2, 0.25) is 5.02 Å². The van der Waals surface area contributed by atoms with E-state index in [-0.39, 0.29) is 5.91 Å². The number of amides is 1. The smallest absolute Gasteiger partial charge is 0.272 e. The maximum atomic E-state index is 12.1. The van der Waals surface area contributed by atoms with Crippen LogP contribution in [0.5, 0.6) is 11.5 Å². The van der Waals surface area contributed by atoms with Crippen LogP contribution in [0.1, 0.15) is 22.3 Å². The average molecular weight is 410 g/mol. The predicted molar refractivity (Wildman–Crippen MR) is 96.3 cm³/mol. The highest BCUT2D eigenvalue weighted by Crippen LogP contribution is 2.37. The molecule has 1 aliphatic rings. The van der Waals surface area contributed by atoms with E-state index in [2.05, 4.69) is 26.5 Å². The van der Waals surface area contributed by atoms with Gasteiger partial charge in [0.05, 0.1) is 30.0 Å². The summed E-state index contributed by atoms with van der Waals surface area (Å²) >= 11 is 9.55. The first-order chi connectivity index (χ1) is 11.6. The fourth-order valence-electron chi connectivity index (χ4n) is 2.20. The van der Waals surface area contributed by atoms with E-state index in [0.717, 1.165) is 6.42 Å². The van der Waals surface area contributed by atoms with Gasteiger partial charge in [-0.1, -0.05) is 23.7 Å². The van der Waals surface area contributed by atoms with E-state index < -0.39 is 0 Å². The molecular weight excluding hydrogens is 396 g/mol. The van der Waals surface area contributed by atoms with Crippen LogP contribution in [0.15, 0.2) is 46.0 Å². The van der Waals surface area contributed by atoms with E-state index in [1.165, 1.54) is 6.21 Å². The normalized spacial score (nSPS) is 13.6. The van der Waals surface area contributed by atoms with Crippen molar-refractivity contribution in [2.75, 3.05) is 13.2 Å². The third-order valence-corrected chi connectivity index (χ3v) is 4.29. The van der Waals surface area contributed by atoms with Crippen molar-refractivity contribution in [2.24, 2.45) is 5.10 Å². The molecule has 124 valence electrons. The lowest BCUT2D eigenvalue weighted by molar-refractivity contribution is 0.0954. The molecule has 5 nitrogen and oxygen atoms in total. The van der Waals surface area contributed by atoms with Gasteiger partial charge < -0.3 is 9.47 Å². The number of hydrazone groups is 1. The van der Waals surface area contributed by atoms with Crippen LogP contribution in [0.25, 0.3) is 0 Å². The maximum absolute atomic E-state index is 12.1. The van der Waals surface area contributed by atoms with Crippen molar-refractivity contribution >= 4 is 39.7 Å². The number of nitrogens with zero attached hydrogens (tertiary/aromatic N) is 1. The maximum Gasteiger partial charge on any atom is 0.272 e. The van der Waals surface area contributed by atoms with Crippen molar-refractivity contribution in [3.05, 3.63) is 57.0 Å². The number of carbonyl (C=O) groups is 1. The number of halogens is 2. The number of nitrogens with one attached hydrogen (secondary N) is 1. The molecule has 0 spiro atoms. The van der Waals surface area contributed by atoms with Crippen molar-refractivity contribution in [3.63, 3.8) is 0 Å². The van der Waals surface area contributed by atoms with Gasteiger partial charge in [0.15, 0.2) is 11.5 Å².